The van der Waals surface area contributed by atoms with Crippen LogP contribution in [-0.2, 0) is 11.3 Å². The highest BCUT2D eigenvalue weighted by Gasteiger charge is 2.15. The van der Waals surface area contributed by atoms with Crippen LogP contribution in [-0.4, -0.2) is 12.0 Å². The van der Waals surface area contributed by atoms with Crippen molar-refractivity contribution in [2.24, 2.45) is 0 Å². The Balaban J connectivity index is 1.90. The summed E-state index contributed by atoms with van der Waals surface area (Å²) in [6.07, 6.45) is -0.618. The average molecular weight is 369 g/mol. The summed E-state index contributed by atoms with van der Waals surface area (Å²) in [5, 5.41) is 3.30. The average Bonchev–Trinajstić information content (AvgIpc) is 2.48. The van der Waals surface area contributed by atoms with Gasteiger partial charge in [-0.2, -0.15) is 0 Å². The molecule has 21 heavy (non-hydrogen) atoms. The van der Waals surface area contributed by atoms with E-state index in [-0.39, 0.29) is 5.91 Å². The molecular weight excluding hydrogens is 354 g/mol. The standard InChI is InChI=1S/C16H15BrClNO2/c1-11(21-15-8-7-13(17)9-14(15)18)16(20)19-10-12-5-3-2-4-6-12/h2-9,11H,10H2,1H3,(H,19,20)/t11-/m1/s1. The van der Waals surface area contributed by atoms with Crippen molar-refractivity contribution in [1.29, 1.82) is 0 Å². The van der Waals surface area contributed by atoms with Gasteiger partial charge in [0.15, 0.2) is 6.10 Å². The highest BCUT2D eigenvalue weighted by Crippen LogP contribution is 2.28. The predicted molar refractivity (Wildman–Crippen MR) is 87.5 cm³/mol. The van der Waals surface area contributed by atoms with Gasteiger partial charge >= 0.3 is 0 Å². The van der Waals surface area contributed by atoms with E-state index in [9.17, 15) is 4.79 Å². The van der Waals surface area contributed by atoms with E-state index in [1.54, 1.807) is 19.1 Å². The molecule has 0 fully saturated rings. The SMILES string of the molecule is C[C@@H](Oc1ccc(Br)cc1Cl)C(=O)NCc1ccccc1. The first-order valence-electron chi connectivity index (χ1n) is 6.49. The lowest BCUT2D eigenvalue weighted by Gasteiger charge is -2.15. The van der Waals surface area contributed by atoms with Gasteiger partial charge in [0.2, 0.25) is 0 Å². The summed E-state index contributed by atoms with van der Waals surface area (Å²) in [6.45, 7) is 2.17. The Kier molecular flexibility index (Phi) is 5.65. The van der Waals surface area contributed by atoms with Crippen LogP contribution >= 0.6 is 27.5 Å². The Labute approximate surface area is 137 Å². The molecule has 1 atom stereocenters. The van der Waals surface area contributed by atoms with Gasteiger partial charge in [-0.25, -0.2) is 0 Å². The summed E-state index contributed by atoms with van der Waals surface area (Å²) in [5.74, 6) is 0.306. The number of carbonyl (C=O) groups is 1. The van der Waals surface area contributed by atoms with Crippen molar-refractivity contribution in [2.75, 3.05) is 0 Å². The van der Waals surface area contributed by atoms with Crippen LogP contribution in [0.3, 0.4) is 0 Å². The first kappa shape index (κ1) is 15.9. The third-order valence-corrected chi connectivity index (χ3v) is 3.67. The fourth-order valence-corrected chi connectivity index (χ4v) is 2.46. The van der Waals surface area contributed by atoms with E-state index in [2.05, 4.69) is 21.2 Å². The number of nitrogens with one attached hydrogen (secondary N) is 1. The molecule has 0 aromatic heterocycles. The summed E-state index contributed by atoms with van der Waals surface area (Å²) in [4.78, 5) is 12.0. The Hall–Kier alpha value is -1.52. The minimum absolute atomic E-state index is 0.183. The van der Waals surface area contributed by atoms with E-state index < -0.39 is 6.10 Å². The summed E-state index contributed by atoms with van der Waals surface area (Å²) in [6, 6.07) is 15.0. The molecule has 2 rings (SSSR count). The van der Waals surface area contributed by atoms with Crippen LogP contribution < -0.4 is 10.1 Å². The Morgan fingerprint density at radius 3 is 2.67 bits per heavy atom. The number of rotatable bonds is 5. The molecule has 0 radical (unpaired) electrons. The maximum atomic E-state index is 12.0. The second-order valence-electron chi connectivity index (χ2n) is 4.54. The van der Waals surface area contributed by atoms with E-state index in [0.29, 0.717) is 17.3 Å². The molecular formula is C16H15BrClNO2. The van der Waals surface area contributed by atoms with Crippen LogP contribution in [0.4, 0.5) is 0 Å². The number of ether oxygens (including phenoxy) is 1. The maximum Gasteiger partial charge on any atom is 0.261 e. The molecule has 0 unspecified atom stereocenters. The van der Waals surface area contributed by atoms with Crippen molar-refractivity contribution in [2.45, 2.75) is 19.6 Å². The van der Waals surface area contributed by atoms with E-state index in [1.165, 1.54) is 0 Å². The number of hydrogen-bond donors (Lipinski definition) is 1. The number of hydrogen-bond acceptors (Lipinski definition) is 2. The van der Waals surface area contributed by atoms with E-state index >= 15 is 0 Å². The quantitative estimate of drug-likeness (QED) is 0.859. The Bertz CT molecular complexity index is 619. The van der Waals surface area contributed by atoms with Gasteiger partial charge in [-0.3, -0.25) is 4.79 Å². The molecule has 0 spiro atoms. The Morgan fingerprint density at radius 2 is 2.00 bits per heavy atom. The largest absolute Gasteiger partial charge is 0.479 e. The third kappa shape index (κ3) is 4.76. The van der Waals surface area contributed by atoms with Crippen LogP contribution in [0.1, 0.15) is 12.5 Å². The van der Waals surface area contributed by atoms with Crippen molar-refractivity contribution in [3.8, 4) is 5.75 Å². The lowest BCUT2D eigenvalue weighted by atomic mass is 10.2. The molecule has 0 aliphatic heterocycles. The van der Waals surface area contributed by atoms with Crippen LogP contribution in [0.2, 0.25) is 5.02 Å². The molecule has 1 amide bonds. The van der Waals surface area contributed by atoms with Gasteiger partial charge in [0, 0.05) is 11.0 Å². The zero-order valence-electron chi connectivity index (χ0n) is 11.5. The Morgan fingerprint density at radius 1 is 1.29 bits per heavy atom. The summed E-state index contributed by atoms with van der Waals surface area (Å²) < 4.78 is 6.45. The third-order valence-electron chi connectivity index (χ3n) is 2.88. The van der Waals surface area contributed by atoms with Gasteiger partial charge in [0.1, 0.15) is 5.75 Å². The molecule has 110 valence electrons. The van der Waals surface area contributed by atoms with Gasteiger partial charge < -0.3 is 10.1 Å². The lowest BCUT2D eigenvalue weighted by molar-refractivity contribution is -0.127. The lowest BCUT2D eigenvalue weighted by Crippen LogP contribution is -2.35. The second-order valence-corrected chi connectivity index (χ2v) is 5.86. The van der Waals surface area contributed by atoms with Gasteiger partial charge in [0.05, 0.1) is 5.02 Å². The van der Waals surface area contributed by atoms with Gasteiger partial charge in [-0.05, 0) is 30.7 Å². The van der Waals surface area contributed by atoms with E-state index in [0.717, 1.165) is 10.0 Å². The molecule has 5 heteroatoms. The molecule has 0 bridgehead atoms. The first-order valence-corrected chi connectivity index (χ1v) is 7.66. The minimum Gasteiger partial charge on any atom is -0.479 e. The topological polar surface area (TPSA) is 38.3 Å². The molecule has 2 aromatic carbocycles. The number of benzene rings is 2. The zero-order chi connectivity index (χ0) is 15.2. The summed E-state index contributed by atoms with van der Waals surface area (Å²) >= 11 is 9.39. The molecule has 2 aromatic rings. The fraction of sp³-hybridized carbons (Fsp3) is 0.188. The second kappa shape index (κ2) is 7.48. The van der Waals surface area contributed by atoms with Gasteiger partial charge in [-0.15, -0.1) is 0 Å². The number of amides is 1. The van der Waals surface area contributed by atoms with Gasteiger partial charge in [0.25, 0.3) is 5.91 Å². The molecule has 3 nitrogen and oxygen atoms in total. The summed E-state index contributed by atoms with van der Waals surface area (Å²) in [5.41, 5.74) is 1.04. The van der Waals surface area contributed by atoms with Crippen molar-refractivity contribution in [1.82, 2.24) is 5.32 Å². The monoisotopic (exact) mass is 367 g/mol. The molecule has 0 aliphatic carbocycles. The van der Waals surface area contributed by atoms with Gasteiger partial charge in [-0.1, -0.05) is 57.9 Å². The predicted octanol–water partition coefficient (Wildman–Crippen LogP) is 4.19. The van der Waals surface area contributed by atoms with Crippen LogP contribution in [0.5, 0.6) is 5.75 Å². The minimum atomic E-state index is -0.618. The molecule has 0 saturated heterocycles. The normalized spacial score (nSPS) is 11.8. The fourth-order valence-electron chi connectivity index (χ4n) is 1.74. The molecule has 0 saturated carbocycles. The van der Waals surface area contributed by atoms with Crippen molar-refractivity contribution in [3.63, 3.8) is 0 Å². The number of halogens is 2. The summed E-state index contributed by atoms with van der Waals surface area (Å²) in [7, 11) is 0. The highest BCUT2D eigenvalue weighted by atomic mass is 79.9. The van der Waals surface area contributed by atoms with E-state index in [4.69, 9.17) is 16.3 Å². The van der Waals surface area contributed by atoms with E-state index in [1.807, 2.05) is 36.4 Å². The molecule has 1 N–H and O–H groups in total. The van der Waals surface area contributed by atoms with Crippen molar-refractivity contribution in [3.05, 3.63) is 63.6 Å². The number of carbonyl (C=O) groups excluding carboxylic acids is 1. The smallest absolute Gasteiger partial charge is 0.261 e. The molecule has 0 heterocycles. The van der Waals surface area contributed by atoms with Crippen LogP contribution in [0.25, 0.3) is 0 Å². The van der Waals surface area contributed by atoms with Crippen LogP contribution in [0, 0.1) is 0 Å². The highest BCUT2D eigenvalue weighted by molar-refractivity contribution is 9.10. The molecule has 0 aliphatic rings. The zero-order valence-corrected chi connectivity index (χ0v) is 13.8. The van der Waals surface area contributed by atoms with Crippen molar-refractivity contribution < 1.29 is 9.53 Å². The van der Waals surface area contributed by atoms with Crippen molar-refractivity contribution >= 4 is 33.4 Å². The first-order chi connectivity index (χ1) is 10.1. The maximum absolute atomic E-state index is 12.0. The van der Waals surface area contributed by atoms with Crippen LogP contribution in [0.15, 0.2) is 53.0 Å².